The Morgan fingerprint density at radius 3 is 1.76 bits per heavy atom. The number of benzene rings is 5. The van der Waals surface area contributed by atoms with Crippen LogP contribution in [0.2, 0.25) is 0 Å². The molecule has 1 aromatic heterocycles. The molecular weight excluding hydrogens is 559 g/mol. The van der Waals surface area contributed by atoms with Crippen molar-refractivity contribution in [3.05, 3.63) is 198 Å². The number of unbranched alkanes of at least 4 members (excludes halogenated alkanes) is 2. The molecule has 2 nitrogen and oxygen atoms in total. The largest absolute Gasteiger partial charge is 0.326 e. The summed E-state index contributed by atoms with van der Waals surface area (Å²) in [5, 5.41) is 1.06. The number of hydrogen-bond acceptors (Lipinski definition) is 1. The van der Waals surface area contributed by atoms with Gasteiger partial charge in [-0.25, -0.2) is 4.98 Å². The van der Waals surface area contributed by atoms with Crippen molar-refractivity contribution in [2.45, 2.75) is 37.8 Å². The Morgan fingerprint density at radius 2 is 1.27 bits per heavy atom. The van der Waals surface area contributed by atoms with E-state index >= 15 is 0 Å². The summed E-state index contributed by atoms with van der Waals surface area (Å²) >= 11 is 0. The standard InChI is InChI=1S/C27H28N2Si.C14H11B/c1-2-3-6-12-23-13-11-18-26(21-23)30-27(29-20-19-28-22-29,24-14-7-4-8-15-24)25-16-9-5-10-17-25;15-11-14(12-7-3-1-4-8-12)13-9-5-2-6-10-13/h4-5,7-11,13-22H,2-3,6,12H2,1H3;1-11H. The van der Waals surface area contributed by atoms with Gasteiger partial charge in [-0.2, -0.15) is 0 Å². The molecule has 6 rings (SSSR count). The van der Waals surface area contributed by atoms with Crippen LogP contribution in [0.15, 0.2) is 170 Å². The van der Waals surface area contributed by atoms with Crippen LogP contribution >= 0.6 is 0 Å². The predicted octanol–water partition coefficient (Wildman–Crippen LogP) is 8.64. The topological polar surface area (TPSA) is 17.8 Å². The second kappa shape index (κ2) is 16.4. The minimum Gasteiger partial charge on any atom is -0.326 e. The van der Waals surface area contributed by atoms with Gasteiger partial charge in [0, 0.05) is 12.4 Å². The van der Waals surface area contributed by atoms with Gasteiger partial charge in [0.25, 0.3) is 0 Å². The molecule has 0 aliphatic rings. The van der Waals surface area contributed by atoms with E-state index in [9.17, 15) is 0 Å². The van der Waals surface area contributed by atoms with E-state index in [0.717, 1.165) is 23.1 Å². The van der Waals surface area contributed by atoms with Crippen molar-refractivity contribution in [1.29, 1.82) is 0 Å². The molecule has 4 heteroatoms. The Kier molecular flexibility index (Phi) is 11.6. The van der Waals surface area contributed by atoms with Crippen molar-refractivity contribution in [2.24, 2.45) is 0 Å². The quantitative estimate of drug-likeness (QED) is 0.108. The molecule has 6 aromatic rings. The Balaban J connectivity index is 0.000000223. The molecule has 0 saturated carbocycles. The molecule has 0 N–H and O–H groups in total. The average molecular weight is 599 g/mol. The Labute approximate surface area is 272 Å². The van der Waals surface area contributed by atoms with Gasteiger partial charge in [-0.1, -0.05) is 171 Å². The summed E-state index contributed by atoms with van der Waals surface area (Å²) in [6.45, 7) is 2.26. The minimum absolute atomic E-state index is 0.318. The highest BCUT2D eigenvalue weighted by atomic mass is 28.2. The zero-order valence-corrected chi connectivity index (χ0v) is 27.0. The van der Waals surface area contributed by atoms with Gasteiger partial charge in [0.1, 0.15) is 17.4 Å². The van der Waals surface area contributed by atoms with Gasteiger partial charge in [0.2, 0.25) is 0 Å². The number of imidazole rings is 1. The van der Waals surface area contributed by atoms with Gasteiger partial charge in [0.15, 0.2) is 0 Å². The maximum atomic E-state index is 5.67. The van der Waals surface area contributed by atoms with Crippen LogP contribution in [0.3, 0.4) is 0 Å². The number of aryl methyl sites for hydroxylation is 1. The monoisotopic (exact) mass is 598 g/mol. The Hall–Kier alpha value is -4.67. The molecule has 5 aromatic carbocycles. The smallest absolute Gasteiger partial charge is 0.127 e. The summed E-state index contributed by atoms with van der Waals surface area (Å²) in [4.78, 5) is 4.42. The number of aromatic nitrogens is 2. The van der Waals surface area contributed by atoms with Crippen molar-refractivity contribution in [3.8, 4) is 0 Å². The molecule has 0 atom stereocenters. The fourth-order valence-corrected chi connectivity index (χ4v) is 7.42. The zero-order chi connectivity index (χ0) is 31.2. The van der Waals surface area contributed by atoms with E-state index in [1.165, 1.54) is 41.1 Å². The minimum atomic E-state index is -0.318. The fraction of sp³-hybridized carbons (Fsp3) is 0.146. The first kappa shape index (κ1) is 31.7. The lowest BCUT2D eigenvalue weighted by molar-refractivity contribution is 0.596. The van der Waals surface area contributed by atoms with Crippen LogP contribution in [0.5, 0.6) is 0 Å². The Bertz CT molecular complexity index is 1640. The van der Waals surface area contributed by atoms with Gasteiger partial charge in [-0.15, -0.1) is 5.98 Å². The molecule has 4 radical (unpaired) electrons. The van der Waals surface area contributed by atoms with Crippen LogP contribution in [0.4, 0.5) is 0 Å². The first-order valence-electron chi connectivity index (χ1n) is 15.7. The van der Waals surface area contributed by atoms with E-state index in [1.54, 1.807) is 5.98 Å². The molecule has 0 amide bonds. The van der Waals surface area contributed by atoms with Crippen molar-refractivity contribution in [3.63, 3.8) is 0 Å². The van der Waals surface area contributed by atoms with Gasteiger partial charge in [-0.05, 0) is 46.2 Å². The van der Waals surface area contributed by atoms with Crippen LogP contribution in [0.1, 0.15) is 54.0 Å². The highest BCUT2D eigenvalue weighted by Gasteiger charge is 2.37. The fourth-order valence-electron chi connectivity index (χ4n) is 5.68. The number of hydrogen-bond donors (Lipinski definition) is 0. The van der Waals surface area contributed by atoms with Gasteiger partial charge in [0.05, 0.1) is 11.5 Å². The van der Waals surface area contributed by atoms with Crippen LogP contribution in [0, 0.1) is 0 Å². The molecule has 0 fully saturated rings. The highest BCUT2D eigenvalue weighted by Crippen LogP contribution is 2.33. The third kappa shape index (κ3) is 8.09. The van der Waals surface area contributed by atoms with Crippen LogP contribution in [-0.2, 0) is 11.6 Å². The third-order valence-electron chi connectivity index (χ3n) is 7.93. The van der Waals surface area contributed by atoms with Crippen LogP contribution in [-0.4, -0.2) is 26.9 Å². The molecule has 45 heavy (non-hydrogen) atoms. The first-order chi connectivity index (χ1) is 22.2. The Morgan fingerprint density at radius 1 is 0.711 bits per heavy atom. The van der Waals surface area contributed by atoms with Gasteiger partial charge in [-0.3, -0.25) is 0 Å². The molecule has 1 heterocycles. The van der Waals surface area contributed by atoms with E-state index in [0.29, 0.717) is 9.52 Å². The van der Waals surface area contributed by atoms with E-state index in [4.69, 9.17) is 7.85 Å². The molecule has 0 unspecified atom stereocenters. The van der Waals surface area contributed by atoms with E-state index < -0.39 is 0 Å². The van der Waals surface area contributed by atoms with Crippen LogP contribution in [0.25, 0.3) is 5.57 Å². The average Bonchev–Trinajstić information content (AvgIpc) is 3.66. The van der Waals surface area contributed by atoms with Crippen molar-refractivity contribution in [1.82, 2.24) is 9.55 Å². The molecule has 0 aliphatic heterocycles. The SMILES string of the molecule is CCCCCc1cccc([Si]C(c2ccccc2)(c2ccccc2)n2ccnc2)c1.[B]C=C(c1ccccc1)c1ccccc1. The first-order valence-corrected chi connectivity index (χ1v) is 16.7. The van der Waals surface area contributed by atoms with Crippen LogP contribution < -0.4 is 5.19 Å². The lowest BCUT2D eigenvalue weighted by Crippen LogP contribution is -2.46. The number of nitrogens with zero attached hydrogens (tertiary/aromatic N) is 2. The van der Waals surface area contributed by atoms with Gasteiger partial charge < -0.3 is 4.57 Å². The molecular formula is C41H39BN2Si. The molecule has 0 bridgehead atoms. The van der Waals surface area contributed by atoms with Crippen molar-refractivity contribution >= 4 is 28.1 Å². The van der Waals surface area contributed by atoms with E-state index in [2.05, 4.69) is 132 Å². The summed E-state index contributed by atoms with van der Waals surface area (Å²) in [5.74, 6) is 1.66. The summed E-state index contributed by atoms with van der Waals surface area (Å²) in [6.07, 6.45) is 10.9. The highest BCUT2D eigenvalue weighted by molar-refractivity contribution is 6.57. The van der Waals surface area contributed by atoms with Crippen molar-refractivity contribution in [2.75, 3.05) is 0 Å². The lowest BCUT2D eigenvalue weighted by atomic mass is 9.92. The molecule has 220 valence electrons. The van der Waals surface area contributed by atoms with E-state index in [-0.39, 0.29) is 5.16 Å². The molecule has 0 spiro atoms. The molecule has 0 saturated heterocycles. The van der Waals surface area contributed by atoms with Crippen molar-refractivity contribution < 1.29 is 0 Å². The third-order valence-corrected chi connectivity index (χ3v) is 9.73. The second-order valence-corrected chi connectivity index (χ2v) is 12.6. The summed E-state index contributed by atoms with van der Waals surface area (Å²) < 4.78 is 2.28. The maximum Gasteiger partial charge on any atom is 0.127 e. The predicted molar refractivity (Wildman–Crippen MR) is 192 cm³/mol. The maximum absolute atomic E-state index is 5.67. The summed E-state index contributed by atoms with van der Waals surface area (Å²) in [6, 6.07) is 51.2. The molecule has 0 aliphatic carbocycles. The van der Waals surface area contributed by atoms with Gasteiger partial charge >= 0.3 is 0 Å². The number of rotatable bonds is 11. The lowest BCUT2D eigenvalue weighted by Gasteiger charge is -2.36. The normalized spacial score (nSPS) is 10.9. The van der Waals surface area contributed by atoms with E-state index in [1.807, 2.05) is 48.9 Å². The summed E-state index contributed by atoms with van der Waals surface area (Å²) in [7, 11) is 6.21. The zero-order valence-electron chi connectivity index (χ0n) is 26.0. The summed E-state index contributed by atoms with van der Waals surface area (Å²) in [5.41, 5.74) is 7.36. The second-order valence-electron chi connectivity index (χ2n) is 11.0.